The van der Waals surface area contributed by atoms with Gasteiger partial charge in [-0.2, -0.15) is 0 Å². The van der Waals surface area contributed by atoms with Crippen molar-refractivity contribution in [1.29, 1.82) is 0 Å². The maximum Gasteiger partial charge on any atom is 0.273 e. The highest BCUT2D eigenvalue weighted by Crippen LogP contribution is 2.27. The van der Waals surface area contributed by atoms with Crippen LogP contribution in [-0.4, -0.2) is 27.5 Å². The van der Waals surface area contributed by atoms with E-state index in [2.05, 4.69) is 45.8 Å². The van der Waals surface area contributed by atoms with Gasteiger partial charge < -0.3 is 10.1 Å². The van der Waals surface area contributed by atoms with Crippen LogP contribution in [0.25, 0.3) is 17.0 Å². The number of nitrogens with zero attached hydrogens (tertiary/aromatic N) is 3. The first kappa shape index (κ1) is 15.8. The summed E-state index contributed by atoms with van der Waals surface area (Å²) in [5.41, 5.74) is 3.89. The number of ether oxygens (including phenoxy) is 1. The minimum Gasteiger partial charge on any atom is -0.470 e. The number of fused-ring (bicyclic) bond motifs is 1. The second kappa shape index (κ2) is 7.00. The fourth-order valence-corrected chi connectivity index (χ4v) is 3.07. The summed E-state index contributed by atoms with van der Waals surface area (Å²) in [4.78, 5) is 8.98. The summed E-state index contributed by atoms with van der Waals surface area (Å²) in [5, 5.41) is 6.18. The molecule has 1 N–H and O–H groups in total. The summed E-state index contributed by atoms with van der Waals surface area (Å²) >= 11 is 1.51. The lowest BCUT2D eigenvalue weighted by molar-refractivity contribution is 0.338. The lowest BCUT2D eigenvalue weighted by atomic mass is 10.1. The van der Waals surface area contributed by atoms with E-state index in [0.717, 1.165) is 35.7 Å². The highest BCUT2D eigenvalue weighted by atomic mass is 32.1. The first-order valence-electron chi connectivity index (χ1n) is 7.97. The molecular formula is C17H22N4OS. The number of hydrogen-bond donors (Lipinski definition) is 1. The highest BCUT2D eigenvalue weighted by molar-refractivity contribution is 7.11. The lowest BCUT2D eigenvalue weighted by Crippen LogP contribution is -2.05. The standard InChI is InChI=1S/C17H22N4OS/c1-4-22-17-20-14(11-23-17)15-9-19-16-6-5-13(10-21(15)16)18-8-7-12(2)3/h5-6,9-12,18H,4,7-8H2,1-3H3. The molecule has 0 bridgehead atoms. The minimum atomic E-state index is 0.629. The van der Waals surface area contributed by atoms with E-state index >= 15 is 0 Å². The summed E-state index contributed by atoms with van der Waals surface area (Å²) in [5.74, 6) is 0.696. The number of thiazole rings is 1. The fourth-order valence-electron chi connectivity index (χ4n) is 2.34. The number of anilines is 1. The van der Waals surface area contributed by atoms with Gasteiger partial charge in [-0.15, -0.1) is 0 Å². The molecule has 0 amide bonds. The highest BCUT2D eigenvalue weighted by Gasteiger charge is 2.11. The molecule has 0 aromatic carbocycles. The van der Waals surface area contributed by atoms with Crippen LogP contribution in [0.1, 0.15) is 27.2 Å². The molecule has 0 aliphatic rings. The molecule has 0 fully saturated rings. The molecule has 0 saturated carbocycles. The van der Waals surface area contributed by atoms with Crippen LogP contribution in [0, 0.1) is 5.92 Å². The van der Waals surface area contributed by atoms with Crippen molar-refractivity contribution in [3.63, 3.8) is 0 Å². The van der Waals surface area contributed by atoms with Crippen LogP contribution >= 0.6 is 11.3 Å². The molecule has 3 aromatic heterocycles. The van der Waals surface area contributed by atoms with Crippen LogP contribution < -0.4 is 10.1 Å². The van der Waals surface area contributed by atoms with E-state index in [0.29, 0.717) is 17.7 Å². The van der Waals surface area contributed by atoms with Crippen LogP contribution in [0.2, 0.25) is 0 Å². The van der Waals surface area contributed by atoms with Gasteiger partial charge in [0.2, 0.25) is 0 Å². The smallest absolute Gasteiger partial charge is 0.273 e. The number of pyridine rings is 1. The molecule has 0 saturated heterocycles. The molecule has 0 aliphatic heterocycles. The summed E-state index contributed by atoms with van der Waals surface area (Å²) in [6.07, 6.45) is 5.09. The van der Waals surface area contributed by atoms with Gasteiger partial charge in [0.25, 0.3) is 5.19 Å². The van der Waals surface area contributed by atoms with Crippen LogP contribution in [0.15, 0.2) is 29.9 Å². The quantitative estimate of drug-likeness (QED) is 0.701. The van der Waals surface area contributed by atoms with E-state index in [9.17, 15) is 0 Å². The van der Waals surface area contributed by atoms with Gasteiger partial charge in [0.1, 0.15) is 11.3 Å². The molecule has 3 aromatic rings. The van der Waals surface area contributed by atoms with Crippen molar-refractivity contribution in [3.8, 4) is 16.6 Å². The van der Waals surface area contributed by atoms with Crippen molar-refractivity contribution in [2.45, 2.75) is 27.2 Å². The van der Waals surface area contributed by atoms with Gasteiger partial charge in [-0.05, 0) is 31.4 Å². The maximum absolute atomic E-state index is 5.46. The van der Waals surface area contributed by atoms with Gasteiger partial charge in [-0.3, -0.25) is 4.40 Å². The Labute approximate surface area is 140 Å². The zero-order chi connectivity index (χ0) is 16.2. The van der Waals surface area contributed by atoms with Crippen LogP contribution in [0.5, 0.6) is 5.19 Å². The number of hydrogen-bond acceptors (Lipinski definition) is 5. The van der Waals surface area contributed by atoms with Gasteiger partial charge >= 0.3 is 0 Å². The Morgan fingerprint density at radius 2 is 2.22 bits per heavy atom. The summed E-state index contributed by atoms with van der Waals surface area (Å²) < 4.78 is 7.53. The van der Waals surface area contributed by atoms with Crippen molar-refractivity contribution in [2.24, 2.45) is 5.92 Å². The van der Waals surface area contributed by atoms with E-state index < -0.39 is 0 Å². The Balaban J connectivity index is 1.85. The Morgan fingerprint density at radius 1 is 1.35 bits per heavy atom. The number of aromatic nitrogens is 3. The van der Waals surface area contributed by atoms with Crippen molar-refractivity contribution >= 4 is 22.7 Å². The van der Waals surface area contributed by atoms with Gasteiger partial charge in [0.05, 0.1) is 24.2 Å². The summed E-state index contributed by atoms with van der Waals surface area (Å²) in [7, 11) is 0. The monoisotopic (exact) mass is 330 g/mol. The Bertz CT molecular complexity index is 778. The zero-order valence-corrected chi connectivity index (χ0v) is 14.6. The zero-order valence-electron chi connectivity index (χ0n) is 13.7. The molecule has 0 spiro atoms. The van der Waals surface area contributed by atoms with E-state index in [1.165, 1.54) is 11.3 Å². The maximum atomic E-state index is 5.46. The third kappa shape index (κ3) is 3.64. The Morgan fingerprint density at radius 3 is 3.00 bits per heavy atom. The first-order valence-corrected chi connectivity index (χ1v) is 8.85. The minimum absolute atomic E-state index is 0.629. The molecule has 3 heterocycles. The van der Waals surface area contributed by atoms with Crippen LogP contribution in [-0.2, 0) is 0 Å². The average molecular weight is 330 g/mol. The molecule has 5 nitrogen and oxygen atoms in total. The topological polar surface area (TPSA) is 51.5 Å². The number of imidazole rings is 1. The van der Waals surface area contributed by atoms with Crippen molar-refractivity contribution in [2.75, 3.05) is 18.5 Å². The van der Waals surface area contributed by atoms with Gasteiger partial charge in [-0.1, -0.05) is 25.2 Å². The number of nitrogens with one attached hydrogen (secondary N) is 1. The van der Waals surface area contributed by atoms with Crippen molar-refractivity contribution < 1.29 is 4.74 Å². The molecule has 0 radical (unpaired) electrons. The van der Waals surface area contributed by atoms with Crippen LogP contribution in [0.4, 0.5) is 5.69 Å². The predicted molar refractivity (Wildman–Crippen MR) is 95.4 cm³/mol. The molecule has 0 aliphatic carbocycles. The largest absolute Gasteiger partial charge is 0.470 e. The van der Waals surface area contributed by atoms with E-state index in [1.807, 2.05) is 24.6 Å². The molecule has 6 heteroatoms. The normalized spacial score (nSPS) is 11.3. The second-order valence-electron chi connectivity index (χ2n) is 5.83. The molecule has 23 heavy (non-hydrogen) atoms. The van der Waals surface area contributed by atoms with E-state index in [4.69, 9.17) is 4.74 Å². The van der Waals surface area contributed by atoms with Crippen molar-refractivity contribution in [3.05, 3.63) is 29.9 Å². The molecular weight excluding hydrogens is 308 g/mol. The van der Waals surface area contributed by atoms with E-state index in [-0.39, 0.29) is 0 Å². The molecule has 0 unspecified atom stereocenters. The second-order valence-corrected chi connectivity index (χ2v) is 6.65. The Hall–Kier alpha value is -2.08. The first-order chi connectivity index (χ1) is 11.2. The summed E-state index contributed by atoms with van der Waals surface area (Å²) in [6, 6.07) is 4.09. The van der Waals surface area contributed by atoms with Gasteiger partial charge in [0.15, 0.2) is 0 Å². The SMILES string of the molecule is CCOc1nc(-c2cnc3ccc(NCCC(C)C)cn23)cs1. The predicted octanol–water partition coefficient (Wildman–Crippen LogP) is 4.31. The van der Waals surface area contributed by atoms with Gasteiger partial charge in [0, 0.05) is 18.1 Å². The number of rotatable bonds is 7. The average Bonchev–Trinajstić information content (AvgIpc) is 3.13. The molecule has 3 rings (SSSR count). The molecule has 122 valence electrons. The third-order valence-electron chi connectivity index (χ3n) is 3.57. The third-order valence-corrected chi connectivity index (χ3v) is 4.32. The Kier molecular flexibility index (Phi) is 4.81. The van der Waals surface area contributed by atoms with E-state index in [1.54, 1.807) is 0 Å². The molecule has 0 atom stereocenters. The fraction of sp³-hybridized carbons (Fsp3) is 0.412. The lowest BCUT2D eigenvalue weighted by Gasteiger charge is -2.09. The van der Waals surface area contributed by atoms with Crippen molar-refractivity contribution in [1.82, 2.24) is 14.4 Å². The van der Waals surface area contributed by atoms with Crippen LogP contribution in [0.3, 0.4) is 0 Å². The summed E-state index contributed by atoms with van der Waals surface area (Å²) in [6.45, 7) is 8.03. The van der Waals surface area contributed by atoms with Gasteiger partial charge in [-0.25, -0.2) is 9.97 Å².